The van der Waals surface area contributed by atoms with Crippen molar-refractivity contribution in [2.24, 2.45) is 17.4 Å². The number of fused-ring (bicyclic) bond motifs is 1. The molecule has 1 saturated heterocycles. The van der Waals surface area contributed by atoms with Gasteiger partial charge in [0, 0.05) is 0 Å². The number of rotatable bonds is 6. The zero-order valence-electron chi connectivity index (χ0n) is 19.5. The summed E-state index contributed by atoms with van der Waals surface area (Å²) >= 11 is 0. The monoisotopic (exact) mass is 461 g/mol. The molecule has 0 spiro atoms. The van der Waals surface area contributed by atoms with Crippen LogP contribution in [0.4, 0.5) is 0 Å². The van der Waals surface area contributed by atoms with E-state index in [0.29, 0.717) is 5.92 Å². The van der Waals surface area contributed by atoms with Crippen LogP contribution in [0, 0.1) is 5.92 Å². The molecule has 2 heterocycles. The summed E-state index contributed by atoms with van der Waals surface area (Å²) in [6, 6.07) is 31.8. The van der Waals surface area contributed by atoms with Crippen LogP contribution in [0.5, 0.6) is 0 Å². The number of hydrogen-bond donors (Lipinski definition) is 4. The van der Waals surface area contributed by atoms with Gasteiger partial charge in [0.1, 0.15) is 0 Å². The molecule has 3 aromatic carbocycles. The van der Waals surface area contributed by atoms with E-state index in [9.17, 15) is 0 Å². The Kier molecular flexibility index (Phi) is 6.37. The van der Waals surface area contributed by atoms with E-state index in [1.165, 1.54) is 27.6 Å². The summed E-state index contributed by atoms with van der Waals surface area (Å²) < 4.78 is 0. The van der Waals surface area contributed by atoms with Gasteiger partial charge >= 0.3 is 198 Å². The van der Waals surface area contributed by atoms with E-state index in [4.69, 9.17) is 11.5 Å². The third-order valence-electron chi connectivity index (χ3n) is 7.51. The van der Waals surface area contributed by atoms with Crippen LogP contribution < -0.4 is 38.0 Å². The number of nitrogens with two attached hydrogens (primary N) is 2. The van der Waals surface area contributed by atoms with Crippen LogP contribution >= 0.6 is 7.26 Å². The molecule has 2 aliphatic heterocycles. The molecule has 6 N–H and O–H groups in total. The summed E-state index contributed by atoms with van der Waals surface area (Å²) in [4.78, 5) is 2.09. The summed E-state index contributed by atoms with van der Waals surface area (Å²) in [7, 11) is -0.355. The predicted octanol–water partition coefficient (Wildman–Crippen LogP) is 1.77. The molecule has 0 radical (unpaired) electrons. The molecular weight excluding hydrogens is 425 g/mol. The van der Waals surface area contributed by atoms with Crippen molar-refractivity contribution >= 4 is 23.2 Å². The molecule has 5 rings (SSSR count). The fourth-order valence-electron chi connectivity index (χ4n) is 5.92. The zero-order valence-corrected chi connectivity index (χ0v) is 20.5. The van der Waals surface area contributed by atoms with E-state index in [1.807, 2.05) is 7.05 Å². The molecular formula is C27H36N5P. The van der Waals surface area contributed by atoms with Gasteiger partial charge in [0.05, 0.1) is 0 Å². The Balaban J connectivity index is 1.63. The van der Waals surface area contributed by atoms with Gasteiger partial charge in [0.25, 0.3) is 0 Å². The number of hydrogen-bond acceptors (Lipinski definition) is 5. The van der Waals surface area contributed by atoms with Crippen LogP contribution in [-0.2, 0) is 0 Å². The van der Waals surface area contributed by atoms with Crippen molar-refractivity contribution in [2.45, 2.75) is 38.0 Å². The average Bonchev–Trinajstić information content (AvgIpc) is 3.53. The van der Waals surface area contributed by atoms with Gasteiger partial charge < -0.3 is 0 Å². The average molecular weight is 462 g/mol. The molecule has 1 fully saturated rings. The summed E-state index contributed by atoms with van der Waals surface area (Å²) in [6.45, 7) is 2.41. The van der Waals surface area contributed by atoms with E-state index in [2.05, 4.69) is 107 Å². The third-order valence-corrected chi connectivity index (χ3v) is 12.8. The number of nitrogens with zero attached hydrogens (tertiary/aromatic N) is 1. The molecule has 174 valence electrons. The normalized spacial score (nSPS) is 30.0. The van der Waals surface area contributed by atoms with Crippen molar-refractivity contribution in [3.63, 3.8) is 0 Å². The molecule has 0 aromatic heterocycles. The first-order chi connectivity index (χ1) is 16.1. The van der Waals surface area contributed by atoms with Gasteiger partial charge in [-0.05, 0) is 0 Å². The molecule has 0 amide bonds. The molecule has 0 aliphatic carbocycles. The number of benzene rings is 3. The summed E-state index contributed by atoms with van der Waals surface area (Å²) in [5.74, 6) is 0.559. The SMILES string of the molecule is CNC(N)N1C(N)C1NC1CC(C)C[PH](c2ccccc2)(c2ccccc2)c2ccccc21. The molecule has 6 unspecified atom stereocenters. The number of nitrogens with one attached hydrogen (secondary N) is 2. The van der Waals surface area contributed by atoms with Crippen LogP contribution in [0.3, 0.4) is 0 Å². The Bertz CT molecular complexity index is 1040. The Morgan fingerprint density at radius 3 is 2.09 bits per heavy atom. The standard InChI is InChI=1S/C27H36N5P/c1-19-17-23(31-26-25(28)32(26)27(29)30-2)22-15-9-10-16-24(22)33(18-19,20-11-5-3-6-12-20)21-13-7-4-8-14-21/h3-16,19,23,25-27,30-31,33H,17-18,28-29H2,1-2H3. The fourth-order valence-corrected chi connectivity index (χ4v) is 11.4. The Morgan fingerprint density at radius 1 is 0.909 bits per heavy atom. The summed E-state index contributed by atoms with van der Waals surface area (Å²) in [5.41, 5.74) is 14.0. The van der Waals surface area contributed by atoms with Gasteiger partial charge in [-0.2, -0.15) is 0 Å². The predicted molar refractivity (Wildman–Crippen MR) is 142 cm³/mol. The second-order valence-electron chi connectivity index (χ2n) is 9.61. The van der Waals surface area contributed by atoms with Crippen molar-refractivity contribution in [3.05, 3.63) is 90.5 Å². The van der Waals surface area contributed by atoms with Crippen molar-refractivity contribution < 1.29 is 0 Å². The van der Waals surface area contributed by atoms with Gasteiger partial charge in [-0.25, -0.2) is 0 Å². The molecule has 0 saturated carbocycles. The van der Waals surface area contributed by atoms with Gasteiger partial charge in [-0.3, -0.25) is 0 Å². The molecule has 6 atom stereocenters. The second-order valence-corrected chi connectivity index (χ2v) is 13.5. The van der Waals surface area contributed by atoms with Crippen molar-refractivity contribution in [1.29, 1.82) is 0 Å². The van der Waals surface area contributed by atoms with E-state index >= 15 is 0 Å². The maximum absolute atomic E-state index is 6.39. The quantitative estimate of drug-likeness (QED) is 0.256. The van der Waals surface area contributed by atoms with Crippen molar-refractivity contribution in [2.75, 3.05) is 13.2 Å². The Morgan fingerprint density at radius 2 is 1.48 bits per heavy atom. The van der Waals surface area contributed by atoms with Crippen LogP contribution in [0.15, 0.2) is 84.9 Å². The zero-order chi connectivity index (χ0) is 23.0. The van der Waals surface area contributed by atoms with E-state index in [1.54, 1.807) is 0 Å². The van der Waals surface area contributed by atoms with Crippen LogP contribution in [-0.4, -0.2) is 36.7 Å². The topological polar surface area (TPSA) is 79.1 Å². The molecule has 33 heavy (non-hydrogen) atoms. The minimum absolute atomic E-state index is 0.0663. The van der Waals surface area contributed by atoms with Crippen LogP contribution in [0.1, 0.15) is 24.9 Å². The van der Waals surface area contributed by atoms with E-state index < -0.39 is 7.26 Å². The summed E-state index contributed by atoms with van der Waals surface area (Å²) in [6.07, 6.45) is 2.05. The third kappa shape index (κ3) is 4.04. The van der Waals surface area contributed by atoms with Crippen LogP contribution in [0.25, 0.3) is 0 Å². The summed E-state index contributed by atoms with van der Waals surface area (Å²) in [5, 5.41) is 11.5. The van der Waals surface area contributed by atoms with Gasteiger partial charge in [-0.1, -0.05) is 0 Å². The molecule has 5 nitrogen and oxygen atoms in total. The van der Waals surface area contributed by atoms with E-state index in [-0.39, 0.29) is 24.7 Å². The fraction of sp³-hybridized carbons (Fsp3) is 0.333. The Hall–Kier alpha value is -2.11. The van der Waals surface area contributed by atoms with Gasteiger partial charge in [0.15, 0.2) is 0 Å². The van der Waals surface area contributed by atoms with E-state index in [0.717, 1.165) is 6.42 Å². The van der Waals surface area contributed by atoms with Crippen molar-refractivity contribution in [3.8, 4) is 0 Å². The van der Waals surface area contributed by atoms with Gasteiger partial charge in [-0.15, -0.1) is 0 Å². The van der Waals surface area contributed by atoms with Crippen molar-refractivity contribution in [1.82, 2.24) is 15.5 Å². The molecule has 3 aromatic rings. The molecule has 6 heteroatoms. The maximum atomic E-state index is 6.39. The first-order valence-electron chi connectivity index (χ1n) is 12.0. The van der Waals surface area contributed by atoms with Gasteiger partial charge in [0.2, 0.25) is 0 Å². The minimum atomic E-state index is -2.23. The molecule has 0 bridgehead atoms. The Labute approximate surface area is 197 Å². The first kappa shape index (κ1) is 22.7. The first-order valence-corrected chi connectivity index (χ1v) is 14.2. The van der Waals surface area contributed by atoms with Crippen LogP contribution in [0.2, 0.25) is 0 Å². The second kappa shape index (κ2) is 9.27. The molecule has 2 aliphatic rings.